The van der Waals surface area contributed by atoms with Crippen LogP contribution >= 0.6 is 0 Å². The maximum Gasteiger partial charge on any atom is 0.0887 e. The Morgan fingerprint density at radius 3 is 2.76 bits per heavy atom. The monoisotopic (exact) mass is 256 g/mol. The summed E-state index contributed by atoms with van der Waals surface area (Å²) in [5.41, 5.74) is 1.46. The normalized spacial score (nSPS) is 33.7. The lowest BCUT2D eigenvalue weighted by atomic mass is 9.99. The average Bonchev–Trinajstić information content (AvgIpc) is 2.82. The molecule has 1 aliphatic carbocycles. The van der Waals surface area contributed by atoms with Gasteiger partial charge in [-0.05, 0) is 57.4 Å². The van der Waals surface area contributed by atoms with Gasteiger partial charge in [0.05, 0.1) is 12.9 Å². The summed E-state index contributed by atoms with van der Waals surface area (Å²) < 4.78 is 17.7. The molecule has 0 bridgehead atoms. The molecule has 2 aliphatic rings. The number of allylic oxidation sites excluding steroid dienone is 1. The zero-order chi connectivity index (χ0) is 12.1. The Labute approximate surface area is 107 Å². The fraction of sp³-hybridized carbons (Fsp3) is 0.857. The molecule has 2 rings (SSSR count). The van der Waals surface area contributed by atoms with Crippen molar-refractivity contribution in [3.8, 4) is 0 Å². The predicted molar refractivity (Wildman–Crippen MR) is 72.4 cm³/mol. The van der Waals surface area contributed by atoms with Gasteiger partial charge in [-0.1, -0.05) is 6.42 Å². The Morgan fingerprint density at radius 1 is 1.29 bits per heavy atom. The van der Waals surface area contributed by atoms with Gasteiger partial charge in [0.25, 0.3) is 0 Å². The molecular formula is C14H24O2S. The van der Waals surface area contributed by atoms with Gasteiger partial charge in [-0.25, -0.2) is 0 Å². The first-order chi connectivity index (χ1) is 8.21. The van der Waals surface area contributed by atoms with E-state index in [1.54, 1.807) is 0 Å². The second kappa shape index (κ2) is 6.03. The van der Waals surface area contributed by atoms with Crippen LogP contribution in [0.4, 0.5) is 0 Å². The Bertz CT molecular complexity index is 303. The van der Waals surface area contributed by atoms with Crippen LogP contribution < -0.4 is 0 Å². The molecule has 98 valence electrons. The zero-order valence-electron chi connectivity index (χ0n) is 10.9. The average molecular weight is 256 g/mol. The molecule has 0 aromatic heterocycles. The van der Waals surface area contributed by atoms with E-state index in [1.165, 1.54) is 37.7 Å². The summed E-state index contributed by atoms with van der Waals surface area (Å²) in [7, 11) is -0.650. The number of rotatable bonds is 4. The summed E-state index contributed by atoms with van der Waals surface area (Å²) in [6.45, 7) is 2.89. The van der Waals surface area contributed by atoms with E-state index in [-0.39, 0.29) is 4.75 Å². The van der Waals surface area contributed by atoms with Crippen molar-refractivity contribution in [3.63, 3.8) is 0 Å². The van der Waals surface area contributed by atoms with Crippen LogP contribution in [0, 0.1) is 0 Å². The SMILES string of the molecule is CC1(CCOC=C2CCCC2)CCCCS1=O. The minimum Gasteiger partial charge on any atom is -0.501 e. The summed E-state index contributed by atoms with van der Waals surface area (Å²) in [6, 6.07) is 0. The van der Waals surface area contributed by atoms with E-state index in [9.17, 15) is 4.21 Å². The molecule has 0 radical (unpaired) electrons. The van der Waals surface area contributed by atoms with Crippen molar-refractivity contribution in [1.82, 2.24) is 0 Å². The van der Waals surface area contributed by atoms with E-state index in [4.69, 9.17) is 4.74 Å². The van der Waals surface area contributed by atoms with Gasteiger partial charge in [0, 0.05) is 21.3 Å². The molecule has 2 atom stereocenters. The molecule has 1 saturated carbocycles. The highest BCUT2D eigenvalue weighted by Crippen LogP contribution is 2.31. The minimum absolute atomic E-state index is 0.00638. The molecule has 0 amide bonds. The van der Waals surface area contributed by atoms with Gasteiger partial charge in [0.1, 0.15) is 0 Å². The topological polar surface area (TPSA) is 26.3 Å². The third kappa shape index (κ3) is 3.57. The second-order valence-electron chi connectivity index (χ2n) is 5.56. The third-order valence-corrected chi connectivity index (χ3v) is 6.25. The standard InChI is InChI=1S/C14H24O2S/c1-14(8-4-5-11-17(14)15)9-10-16-12-13-6-2-3-7-13/h12H,2-11H2,1H3. The molecule has 0 N–H and O–H groups in total. The molecule has 0 aromatic carbocycles. The molecule has 0 aromatic rings. The lowest BCUT2D eigenvalue weighted by Gasteiger charge is -2.32. The van der Waals surface area contributed by atoms with Crippen molar-refractivity contribution >= 4 is 10.8 Å². The summed E-state index contributed by atoms with van der Waals surface area (Å²) in [5, 5.41) is 0. The zero-order valence-corrected chi connectivity index (χ0v) is 11.7. The van der Waals surface area contributed by atoms with Crippen molar-refractivity contribution < 1.29 is 8.95 Å². The van der Waals surface area contributed by atoms with Gasteiger partial charge < -0.3 is 4.74 Å². The maximum absolute atomic E-state index is 12.0. The smallest absolute Gasteiger partial charge is 0.0887 e. The molecule has 1 saturated heterocycles. The molecule has 2 fully saturated rings. The van der Waals surface area contributed by atoms with Crippen LogP contribution in [0.25, 0.3) is 0 Å². The van der Waals surface area contributed by atoms with Crippen LogP contribution in [0.15, 0.2) is 11.8 Å². The molecule has 0 spiro atoms. The Kier molecular flexibility index (Phi) is 4.66. The van der Waals surface area contributed by atoms with Crippen LogP contribution in [-0.4, -0.2) is 21.3 Å². The molecule has 1 heterocycles. The fourth-order valence-corrected chi connectivity index (χ4v) is 4.37. The predicted octanol–water partition coefficient (Wildman–Crippen LogP) is 3.54. The van der Waals surface area contributed by atoms with Gasteiger partial charge in [0.15, 0.2) is 0 Å². The van der Waals surface area contributed by atoms with Crippen LogP contribution in [-0.2, 0) is 15.5 Å². The number of hydrogen-bond acceptors (Lipinski definition) is 2. The van der Waals surface area contributed by atoms with Crippen molar-refractivity contribution in [2.45, 2.75) is 63.0 Å². The van der Waals surface area contributed by atoms with Crippen LogP contribution in [0.5, 0.6) is 0 Å². The minimum atomic E-state index is -0.650. The van der Waals surface area contributed by atoms with E-state index >= 15 is 0 Å². The van der Waals surface area contributed by atoms with E-state index in [1.807, 2.05) is 6.26 Å². The fourth-order valence-electron chi connectivity index (χ4n) is 2.73. The van der Waals surface area contributed by atoms with Gasteiger partial charge in [-0.3, -0.25) is 4.21 Å². The molecular weight excluding hydrogens is 232 g/mol. The Morgan fingerprint density at radius 2 is 2.06 bits per heavy atom. The highest BCUT2D eigenvalue weighted by molar-refractivity contribution is 7.86. The van der Waals surface area contributed by atoms with E-state index in [2.05, 4.69) is 6.92 Å². The molecule has 3 heteroatoms. The van der Waals surface area contributed by atoms with Crippen molar-refractivity contribution in [2.75, 3.05) is 12.4 Å². The molecule has 1 aliphatic heterocycles. The lowest BCUT2D eigenvalue weighted by Crippen LogP contribution is -2.36. The third-order valence-electron chi connectivity index (χ3n) is 4.08. The summed E-state index contributed by atoms with van der Waals surface area (Å²) in [4.78, 5) is 0. The van der Waals surface area contributed by atoms with Gasteiger partial charge in [0.2, 0.25) is 0 Å². The largest absolute Gasteiger partial charge is 0.501 e. The number of ether oxygens (including phenoxy) is 1. The first-order valence-electron chi connectivity index (χ1n) is 6.89. The quantitative estimate of drug-likeness (QED) is 0.568. The second-order valence-corrected chi connectivity index (χ2v) is 7.65. The highest BCUT2D eigenvalue weighted by atomic mass is 32.2. The van der Waals surface area contributed by atoms with Crippen molar-refractivity contribution in [2.24, 2.45) is 0 Å². The molecule has 2 unspecified atom stereocenters. The lowest BCUT2D eigenvalue weighted by molar-refractivity contribution is 0.224. The van der Waals surface area contributed by atoms with Crippen LogP contribution in [0.3, 0.4) is 0 Å². The van der Waals surface area contributed by atoms with E-state index < -0.39 is 10.8 Å². The molecule has 17 heavy (non-hydrogen) atoms. The highest BCUT2D eigenvalue weighted by Gasteiger charge is 2.33. The first-order valence-corrected chi connectivity index (χ1v) is 8.21. The van der Waals surface area contributed by atoms with Gasteiger partial charge in [-0.2, -0.15) is 0 Å². The van der Waals surface area contributed by atoms with Crippen molar-refractivity contribution in [3.05, 3.63) is 11.8 Å². The van der Waals surface area contributed by atoms with Crippen LogP contribution in [0.2, 0.25) is 0 Å². The maximum atomic E-state index is 12.0. The summed E-state index contributed by atoms with van der Waals surface area (Å²) >= 11 is 0. The van der Waals surface area contributed by atoms with E-state index in [0.29, 0.717) is 0 Å². The molecule has 2 nitrogen and oxygen atoms in total. The Balaban J connectivity index is 1.73. The summed E-state index contributed by atoms with van der Waals surface area (Å²) in [5.74, 6) is 0.886. The number of hydrogen-bond donors (Lipinski definition) is 0. The van der Waals surface area contributed by atoms with Crippen molar-refractivity contribution in [1.29, 1.82) is 0 Å². The Hall–Kier alpha value is -0.310. The first kappa shape index (κ1) is 13.1. The summed E-state index contributed by atoms with van der Waals surface area (Å²) in [6.07, 6.45) is 11.4. The van der Waals surface area contributed by atoms with Crippen LogP contribution in [0.1, 0.15) is 58.3 Å². The van der Waals surface area contributed by atoms with E-state index in [0.717, 1.165) is 31.6 Å². The van der Waals surface area contributed by atoms with Gasteiger partial charge >= 0.3 is 0 Å². The van der Waals surface area contributed by atoms with Gasteiger partial charge in [-0.15, -0.1) is 0 Å².